The molecule has 1 unspecified atom stereocenters. The van der Waals surface area contributed by atoms with Crippen LogP contribution in [-0.4, -0.2) is 37.2 Å². The van der Waals surface area contributed by atoms with Crippen LogP contribution >= 0.6 is 0 Å². The Kier molecular flexibility index (Phi) is 51.4. The fourth-order valence-corrected chi connectivity index (χ4v) is 7.48. The van der Waals surface area contributed by atoms with Crippen molar-refractivity contribution < 1.29 is 28.6 Å². The molecule has 0 saturated heterocycles. The van der Waals surface area contributed by atoms with Crippen molar-refractivity contribution in [3.63, 3.8) is 0 Å². The predicted molar refractivity (Wildman–Crippen MR) is 284 cm³/mol. The smallest absolute Gasteiger partial charge is 0.306 e. The molecule has 6 heteroatoms. The van der Waals surface area contributed by atoms with Gasteiger partial charge in [0.15, 0.2) is 6.10 Å². The average molecular weight is 919 g/mol. The Morgan fingerprint density at radius 1 is 0.333 bits per heavy atom. The lowest BCUT2D eigenvalue weighted by Crippen LogP contribution is -2.30. The zero-order valence-electron chi connectivity index (χ0n) is 43.2. The quantitative estimate of drug-likeness (QED) is 0.0199. The van der Waals surface area contributed by atoms with E-state index in [2.05, 4.69) is 106 Å². The number of esters is 3. The second kappa shape index (κ2) is 54.2. The summed E-state index contributed by atoms with van der Waals surface area (Å²) in [6.45, 7) is 6.43. The van der Waals surface area contributed by atoms with E-state index in [1.807, 2.05) is 0 Å². The molecule has 0 aliphatic rings. The third-order valence-electron chi connectivity index (χ3n) is 11.6. The van der Waals surface area contributed by atoms with Gasteiger partial charge in [-0.2, -0.15) is 0 Å². The average Bonchev–Trinajstić information content (AvgIpc) is 3.31. The number of rotatable bonds is 49. The number of allylic oxidation sites excluding steroid dienone is 14. The first kappa shape index (κ1) is 62.6. The highest BCUT2D eigenvalue weighted by Gasteiger charge is 2.19. The third-order valence-corrected chi connectivity index (χ3v) is 11.6. The molecule has 0 saturated carbocycles. The van der Waals surface area contributed by atoms with E-state index >= 15 is 0 Å². The van der Waals surface area contributed by atoms with E-state index in [-0.39, 0.29) is 31.1 Å². The first-order valence-corrected chi connectivity index (χ1v) is 27.6. The van der Waals surface area contributed by atoms with Crippen LogP contribution in [-0.2, 0) is 28.6 Å². The van der Waals surface area contributed by atoms with Crippen LogP contribution in [0.5, 0.6) is 0 Å². The van der Waals surface area contributed by atoms with Gasteiger partial charge >= 0.3 is 17.9 Å². The predicted octanol–water partition coefficient (Wildman–Crippen LogP) is 18.4. The minimum atomic E-state index is -0.798. The maximum Gasteiger partial charge on any atom is 0.306 e. The molecule has 0 aliphatic heterocycles. The normalized spacial score (nSPS) is 12.7. The standard InChI is InChI=1S/C60H102O6/c1-4-7-10-13-16-19-22-25-27-29-30-32-33-35-38-41-44-47-50-53-59(62)65-56-57(55-64-58(61)52-49-46-43-40-37-24-21-18-15-12-9-6-3)66-60(63)54-51-48-45-42-39-36-34-31-28-26-23-20-17-14-11-8-5-2/h9,12,16-22,25-26,28,37,40,57H,4-8,10-11,13-15,23-24,27,29-36,38-39,41-56H2,1-3H3/b12-9-,19-16-,20-17-,21-18-,25-22-,28-26-,40-37-. The Hall–Kier alpha value is -3.41. The molecule has 0 amide bonds. The Bertz CT molecular complexity index is 1290. The lowest BCUT2D eigenvalue weighted by Gasteiger charge is -2.18. The lowest BCUT2D eigenvalue weighted by atomic mass is 10.1. The maximum atomic E-state index is 12.8. The van der Waals surface area contributed by atoms with Crippen LogP contribution in [0.15, 0.2) is 85.1 Å². The van der Waals surface area contributed by atoms with Crippen molar-refractivity contribution in [2.75, 3.05) is 13.2 Å². The number of carbonyl (C=O) groups excluding carboxylic acids is 3. The molecule has 0 bridgehead atoms. The number of hydrogen-bond acceptors (Lipinski definition) is 6. The molecule has 6 nitrogen and oxygen atoms in total. The van der Waals surface area contributed by atoms with Crippen molar-refractivity contribution in [3.8, 4) is 0 Å². The van der Waals surface area contributed by atoms with Gasteiger partial charge in [0.2, 0.25) is 0 Å². The second-order valence-corrected chi connectivity index (χ2v) is 18.1. The minimum Gasteiger partial charge on any atom is -0.462 e. The van der Waals surface area contributed by atoms with Crippen molar-refractivity contribution in [1.82, 2.24) is 0 Å². The van der Waals surface area contributed by atoms with Crippen molar-refractivity contribution in [2.24, 2.45) is 0 Å². The summed E-state index contributed by atoms with van der Waals surface area (Å²) in [7, 11) is 0. The molecule has 1 atom stereocenters. The molecule has 0 spiro atoms. The van der Waals surface area contributed by atoms with E-state index in [1.165, 1.54) is 128 Å². The van der Waals surface area contributed by atoms with Crippen molar-refractivity contribution >= 4 is 17.9 Å². The van der Waals surface area contributed by atoms with E-state index in [0.29, 0.717) is 19.3 Å². The molecule has 0 N–H and O–H groups in total. The highest BCUT2D eigenvalue weighted by atomic mass is 16.6. The van der Waals surface area contributed by atoms with Gasteiger partial charge in [0.25, 0.3) is 0 Å². The van der Waals surface area contributed by atoms with Crippen LogP contribution in [0.4, 0.5) is 0 Å². The first-order chi connectivity index (χ1) is 32.5. The Morgan fingerprint density at radius 3 is 1.05 bits per heavy atom. The third kappa shape index (κ3) is 51.6. The van der Waals surface area contributed by atoms with Crippen LogP contribution in [0.3, 0.4) is 0 Å². The largest absolute Gasteiger partial charge is 0.462 e. The molecule has 0 aliphatic carbocycles. The van der Waals surface area contributed by atoms with Crippen LogP contribution in [0.2, 0.25) is 0 Å². The summed E-state index contributed by atoms with van der Waals surface area (Å²) in [6, 6.07) is 0. The van der Waals surface area contributed by atoms with Crippen LogP contribution in [0.25, 0.3) is 0 Å². The highest BCUT2D eigenvalue weighted by molar-refractivity contribution is 5.71. The number of hydrogen-bond donors (Lipinski definition) is 0. The molecule has 0 radical (unpaired) electrons. The summed E-state index contributed by atoms with van der Waals surface area (Å²) in [4.78, 5) is 38.1. The number of unbranched alkanes of at least 4 members (excludes halogenated alkanes) is 25. The van der Waals surface area contributed by atoms with Crippen molar-refractivity contribution in [2.45, 2.75) is 264 Å². The molecule has 0 aromatic carbocycles. The monoisotopic (exact) mass is 919 g/mol. The Labute approximate surface area is 407 Å². The van der Waals surface area contributed by atoms with E-state index in [4.69, 9.17) is 14.2 Å². The summed E-state index contributed by atoms with van der Waals surface area (Å²) >= 11 is 0. The van der Waals surface area contributed by atoms with Gasteiger partial charge in [-0.3, -0.25) is 14.4 Å². The molecular formula is C60H102O6. The Morgan fingerprint density at radius 2 is 0.636 bits per heavy atom. The van der Waals surface area contributed by atoms with Crippen molar-refractivity contribution in [1.29, 1.82) is 0 Å². The summed E-state index contributed by atoms with van der Waals surface area (Å²) in [5.74, 6) is -0.944. The van der Waals surface area contributed by atoms with Crippen LogP contribution in [0.1, 0.15) is 258 Å². The molecule has 0 fully saturated rings. The van der Waals surface area contributed by atoms with Gasteiger partial charge in [-0.15, -0.1) is 0 Å². The van der Waals surface area contributed by atoms with Gasteiger partial charge in [-0.05, 0) is 109 Å². The SMILES string of the molecule is CC/C=C\C/C=C\C/C=C\CCCCC(=O)OCC(COC(=O)CCCCCCCCCCCC/C=C\C=C/CCCCC)OC(=O)CCCCCCCCC/C=C\C/C=C\CCCCC. The summed E-state index contributed by atoms with van der Waals surface area (Å²) in [6.07, 6.45) is 70.0. The fraction of sp³-hybridized carbons (Fsp3) is 0.717. The van der Waals surface area contributed by atoms with Gasteiger partial charge in [0, 0.05) is 19.3 Å². The fourth-order valence-electron chi connectivity index (χ4n) is 7.48. The zero-order chi connectivity index (χ0) is 47.9. The molecule has 66 heavy (non-hydrogen) atoms. The zero-order valence-corrected chi connectivity index (χ0v) is 43.2. The van der Waals surface area contributed by atoms with Crippen molar-refractivity contribution in [3.05, 3.63) is 85.1 Å². The molecule has 378 valence electrons. The molecule has 0 heterocycles. The van der Waals surface area contributed by atoms with Gasteiger partial charge in [-0.25, -0.2) is 0 Å². The van der Waals surface area contributed by atoms with Gasteiger partial charge < -0.3 is 14.2 Å². The summed E-state index contributed by atoms with van der Waals surface area (Å²) in [5, 5.41) is 0. The van der Waals surface area contributed by atoms with Crippen LogP contribution < -0.4 is 0 Å². The topological polar surface area (TPSA) is 78.9 Å². The molecule has 0 aromatic heterocycles. The van der Waals surface area contributed by atoms with E-state index in [0.717, 1.165) is 89.9 Å². The number of ether oxygens (including phenoxy) is 3. The molecular weight excluding hydrogens is 817 g/mol. The van der Waals surface area contributed by atoms with Gasteiger partial charge in [-0.1, -0.05) is 215 Å². The molecule has 0 rings (SSSR count). The Balaban J connectivity index is 4.40. The van der Waals surface area contributed by atoms with Crippen LogP contribution in [0, 0.1) is 0 Å². The second-order valence-electron chi connectivity index (χ2n) is 18.1. The van der Waals surface area contributed by atoms with E-state index in [1.54, 1.807) is 0 Å². The highest BCUT2D eigenvalue weighted by Crippen LogP contribution is 2.15. The van der Waals surface area contributed by atoms with E-state index in [9.17, 15) is 14.4 Å². The number of carbonyl (C=O) groups is 3. The maximum absolute atomic E-state index is 12.8. The van der Waals surface area contributed by atoms with E-state index < -0.39 is 6.10 Å². The van der Waals surface area contributed by atoms with Gasteiger partial charge in [0.05, 0.1) is 0 Å². The van der Waals surface area contributed by atoms with Gasteiger partial charge in [0.1, 0.15) is 13.2 Å². The minimum absolute atomic E-state index is 0.0939. The molecule has 0 aromatic rings. The lowest BCUT2D eigenvalue weighted by molar-refractivity contribution is -0.167. The summed E-state index contributed by atoms with van der Waals surface area (Å²) < 4.78 is 16.8. The first-order valence-electron chi connectivity index (χ1n) is 27.6. The summed E-state index contributed by atoms with van der Waals surface area (Å²) in [5.41, 5.74) is 0.